The van der Waals surface area contributed by atoms with Gasteiger partial charge in [0.15, 0.2) is 17.1 Å². The number of ether oxygens (including phenoxy) is 1. The van der Waals surface area contributed by atoms with Gasteiger partial charge in [0.1, 0.15) is 11.4 Å². The third kappa shape index (κ3) is 4.11. The van der Waals surface area contributed by atoms with Gasteiger partial charge in [-0.2, -0.15) is 0 Å². The highest BCUT2D eigenvalue weighted by atomic mass is 19.2. The van der Waals surface area contributed by atoms with E-state index in [-0.39, 0.29) is 22.2 Å². The summed E-state index contributed by atoms with van der Waals surface area (Å²) in [4.78, 5) is 38.2. The molecule has 0 atom stereocenters. The summed E-state index contributed by atoms with van der Waals surface area (Å²) in [6.45, 7) is -0.451. The van der Waals surface area contributed by atoms with Crippen LogP contribution in [0, 0.1) is 11.6 Å². The van der Waals surface area contributed by atoms with Gasteiger partial charge in [-0.05, 0) is 42.5 Å². The van der Waals surface area contributed by atoms with Gasteiger partial charge >= 0.3 is 5.97 Å². The minimum atomic E-state index is -1.39. The number of halogens is 2. The monoisotopic (exact) mass is 464 g/mol. The first kappa shape index (κ1) is 22.7. The van der Waals surface area contributed by atoms with Crippen molar-refractivity contribution in [1.82, 2.24) is 9.88 Å². The van der Waals surface area contributed by atoms with Crippen LogP contribution in [0.4, 0.5) is 8.78 Å². The molecular formula is C25H18F2N2O5. The van der Waals surface area contributed by atoms with Crippen LogP contribution in [0.2, 0.25) is 0 Å². The molecule has 4 aromatic rings. The molecule has 2 N–H and O–H groups in total. The molecule has 7 nitrogen and oxygen atoms in total. The van der Waals surface area contributed by atoms with Crippen molar-refractivity contribution in [3.8, 4) is 11.4 Å². The Hall–Kier alpha value is -4.53. The average molecular weight is 464 g/mol. The maximum atomic E-state index is 13.5. The molecule has 0 aliphatic heterocycles. The number of pyridine rings is 1. The van der Waals surface area contributed by atoms with Crippen LogP contribution >= 0.6 is 0 Å². The van der Waals surface area contributed by atoms with Gasteiger partial charge in [0, 0.05) is 29.2 Å². The lowest BCUT2D eigenvalue weighted by Gasteiger charge is -2.19. The molecule has 34 heavy (non-hydrogen) atoms. The molecular weight excluding hydrogens is 446 g/mol. The van der Waals surface area contributed by atoms with Gasteiger partial charge in [-0.15, -0.1) is 0 Å². The van der Waals surface area contributed by atoms with Crippen LogP contribution in [-0.2, 0) is 6.54 Å². The predicted molar refractivity (Wildman–Crippen MR) is 121 cm³/mol. The van der Waals surface area contributed by atoms with E-state index < -0.39 is 35.5 Å². The number of hydrogen-bond acceptors (Lipinski definition) is 4. The van der Waals surface area contributed by atoms with E-state index in [0.717, 1.165) is 18.2 Å². The Labute approximate surface area is 191 Å². The van der Waals surface area contributed by atoms with Gasteiger partial charge < -0.3 is 19.7 Å². The molecule has 172 valence electrons. The number of carboxylic acids is 1. The summed E-state index contributed by atoms with van der Waals surface area (Å²) in [7, 11) is 1.45. The summed E-state index contributed by atoms with van der Waals surface area (Å²) in [5, 5.41) is 12.7. The first-order chi connectivity index (χ1) is 16.3. The van der Waals surface area contributed by atoms with E-state index in [2.05, 4.69) is 5.32 Å². The number of aromatic carboxylic acids is 1. The maximum absolute atomic E-state index is 13.5. The fourth-order valence-electron chi connectivity index (χ4n) is 3.68. The van der Waals surface area contributed by atoms with Gasteiger partial charge in [-0.3, -0.25) is 9.59 Å². The normalized spacial score (nSPS) is 10.8. The van der Waals surface area contributed by atoms with Crippen LogP contribution in [0.3, 0.4) is 0 Å². The van der Waals surface area contributed by atoms with E-state index in [4.69, 9.17) is 4.74 Å². The molecule has 0 saturated carbocycles. The zero-order valence-electron chi connectivity index (χ0n) is 17.8. The largest absolute Gasteiger partial charge is 0.497 e. The second-order valence-electron chi connectivity index (χ2n) is 7.33. The summed E-state index contributed by atoms with van der Waals surface area (Å²) in [6.07, 6.45) is 0. The summed E-state index contributed by atoms with van der Waals surface area (Å²) in [5.74, 6) is -4.07. The first-order valence-corrected chi connectivity index (χ1v) is 10.1. The van der Waals surface area contributed by atoms with E-state index in [1.54, 1.807) is 42.5 Å². The molecule has 4 rings (SSSR count). The number of aromatic nitrogens is 1. The first-order valence-electron chi connectivity index (χ1n) is 10.1. The Kier molecular flexibility index (Phi) is 6.09. The van der Waals surface area contributed by atoms with Crippen LogP contribution in [0.5, 0.6) is 5.75 Å². The molecule has 0 aliphatic carbocycles. The highest BCUT2D eigenvalue weighted by Crippen LogP contribution is 2.25. The third-order valence-corrected chi connectivity index (χ3v) is 5.30. The fourth-order valence-corrected chi connectivity index (χ4v) is 3.68. The smallest absolute Gasteiger partial charge is 0.353 e. The molecule has 1 aromatic heterocycles. The van der Waals surface area contributed by atoms with Crippen LogP contribution in [0.15, 0.2) is 71.5 Å². The molecule has 0 spiro atoms. The average Bonchev–Trinajstić information content (AvgIpc) is 2.84. The van der Waals surface area contributed by atoms with Crippen molar-refractivity contribution in [2.24, 2.45) is 0 Å². The SMILES string of the molecule is COc1ccc2c(=O)c(CNC(=O)c3ccc(F)c(F)c3)c(C(=O)O)n(-c3ccccc3)c2c1. The van der Waals surface area contributed by atoms with Crippen molar-refractivity contribution in [2.75, 3.05) is 7.11 Å². The van der Waals surface area contributed by atoms with Crippen LogP contribution in [0.1, 0.15) is 26.4 Å². The van der Waals surface area contributed by atoms with Crippen molar-refractivity contribution in [3.63, 3.8) is 0 Å². The lowest BCUT2D eigenvalue weighted by atomic mass is 10.0. The number of carbonyl (C=O) groups is 2. The van der Waals surface area contributed by atoms with E-state index in [0.29, 0.717) is 17.0 Å². The lowest BCUT2D eigenvalue weighted by Crippen LogP contribution is -2.30. The number of benzene rings is 3. The second-order valence-corrected chi connectivity index (χ2v) is 7.33. The quantitative estimate of drug-likeness (QED) is 0.451. The van der Waals surface area contributed by atoms with Crippen molar-refractivity contribution in [2.45, 2.75) is 6.54 Å². The molecule has 0 unspecified atom stereocenters. The number of nitrogens with zero attached hydrogens (tertiary/aromatic N) is 1. The Balaban J connectivity index is 1.89. The van der Waals surface area contributed by atoms with Crippen molar-refractivity contribution in [3.05, 3.63) is 105 Å². The topological polar surface area (TPSA) is 97.6 Å². The number of rotatable bonds is 6. The molecule has 1 amide bonds. The molecule has 0 radical (unpaired) electrons. The number of amides is 1. The zero-order valence-corrected chi connectivity index (χ0v) is 17.8. The molecule has 3 aromatic carbocycles. The van der Waals surface area contributed by atoms with Gasteiger partial charge in [-0.1, -0.05) is 18.2 Å². The molecule has 0 fully saturated rings. The lowest BCUT2D eigenvalue weighted by molar-refractivity contribution is 0.0685. The minimum absolute atomic E-state index is 0.176. The van der Waals surface area contributed by atoms with Gasteiger partial charge in [0.25, 0.3) is 5.91 Å². The van der Waals surface area contributed by atoms with E-state index in [1.165, 1.54) is 17.7 Å². The Bertz CT molecular complexity index is 1480. The molecule has 0 aliphatic rings. The molecule has 0 saturated heterocycles. The van der Waals surface area contributed by atoms with E-state index >= 15 is 0 Å². The van der Waals surface area contributed by atoms with Crippen molar-refractivity contribution < 1.29 is 28.2 Å². The summed E-state index contributed by atoms with van der Waals surface area (Å²) in [5.41, 5.74) is -0.500. The highest BCUT2D eigenvalue weighted by molar-refractivity contribution is 5.96. The highest BCUT2D eigenvalue weighted by Gasteiger charge is 2.24. The molecule has 0 bridgehead atoms. The van der Waals surface area contributed by atoms with Gasteiger partial charge in [-0.25, -0.2) is 13.6 Å². The number of fused-ring (bicyclic) bond motifs is 1. The second kappa shape index (κ2) is 9.14. The van der Waals surface area contributed by atoms with Crippen molar-refractivity contribution >= 4 is 22.8 Å². The number of methoxy groups -OCH3 is 1. The molecule has 1 heterocycles. The zero-order chi connectivity index (χ0) is 24.4. The number of para-hydroxylation sites is 1. The number of carboxylic acid groups (broad SMARTS) is 1. The standard InChI is InChI=1S/C25H18F2N2O5/c1-34-16-8-9-17-21(12-16)29(15-5-3-2-4-6-15)22(25(32)33)18(23(17)30)13-28-24(31)14-7-10-19(26)20(27)11-14/h2-12H,13H2,1H3,(H,28,31)(H,32,33). The van der Waals surface area contributed by atoms with Crippen LogP contribution in [0.25, 0.3) is 16.6 Å². The van der Waals surface area contributed by atoms with Gasteiger partial charge in [0.05, 0.1) is 18.2 Å². The van der Waals surface area contributed by atoms with Crippen LogP contribution < -0.4 is 15.5 Å². The van der Waals surface area contributed by atoms with Gasteiger partial charge in [0.2, 0.25) is 0 Å². The minimum Gasteiger partial charge on any atom is -0.497 e. The van der Waals surface area contributed by atoms with Crippen molar-refractivity contribution in [1.29, 1.82) is 0 Å². The number of hydrogen-bond donors (Lipinski definition) is 2. The Morgan fingerprint density at radius 3 is 2.38 bits per heavy atom. The van der Waals surface area contributed by atoms with E-state index in [9.17, 15) is 28.3 Å². The summed E-state index contributed by atoms with van der Waals surface area (Å²) >= 11 is 0. The third-order valence-electron chi connectivity index (χ3n) is 5.30. The number of nitrogens with one attached hydrogen (secondary N) is 1. The Morgan fingerprint density at radius 1 is 1.00 bits per heavy atom. The maximum Gasteiger partial charge on any atom is 0.353 e. The van der Waals surface area contributed by atoms with Crippen LogP contribution in [-0.4, -0.2) is 28.7 Å². The van der Waals surface area contributed by atoms with E-state index in [1.807, 2.05) is 0 Å². The predicted octanol–water partition coefficient (Wildman–Crippen LogP) is 3.91. The molecule has 9 heteroatoms. The summed E-state index contributed by atoms with van der Waals surface area (Å²) in [6, 6.07) is 15.8. The Morgan fingerprint density at radius 2 is 1.74 bits per heavy atom. The fraction of sp³-hybridized carbons (Fsp3) is 0.0800. The number of carbonyl (C=O) groups excluding carboxylic acids is 1. The summed E-state index contributed by atoms with van der Waals surface area (Å²) < 4.78 is 33.4.